The molecule has 0 aliphatic rings. The molecule has 4 nitrogen and oxygen atoms in total. The molecule has 0 aromatic heterocycles. The Morgan fingerprint density at radius 2 is 1.81 bits per heavy atom. The van der Waals surface area contributed by atoms with Gasteiger partial charge in [-0.2, -0.15) is 13.2 Å². The van der Waals surface area contributed by atoms with Gasteiger partial charge in [-0.05, 0) is 17.7 Å². The number of amides is 2. The maximum atomic E-state index is 12.8. The molecule has 0 N–H and O–H groups in total. The summed E-state index contributed by atoms with van der Waals surface area (Å²) < 4.78 is 50.3. The van der Waals surface area contributed by atoms with E-state index >= 15 is 0 Å². The van der Waals surface area contributed by atoms with Crippen LogP contribution >= 0.6 is 0 Å². The van der Waals surface area contributed by atoms with E-state index in [4.69, 9.17) is 0 Å². The summed E-state index contributed by atoms with van der Waals surface area (Å²) in [5, 5.41) is 0. The minimum atomic E-state index is -4.56. The van der Waals surface area contributed by atoms with Gasteiger partial charge in [0, 0.05) is 13.6 Å². The molecule has 0 fully saturated rings. The van der Waals surface area contributed by atoms with Crippen LogP contribution in [0.5, 0.6) is 0 Å². The molecule has 0 saturated heterocycles. The van der Waals surface area contributed by atoms with E-state index in [9.17, 15) is 27.2 Å². The number of nitrogens with zero attached hydrogens (tertiary/aromatic N) is 2. The lowest BCUT2D eigenvalue weighted by molar-refractivity contribution is -0.163. The average molecular weight is 306 g/mol. The highest BCUT2D eigenvalue weighted by Gasteiger charge is 2.33. The van der Waals surface area contributed by atoms with Gasteiger partial charge in [0.25, 0.3) is 0 Å². The Balaban J connectivity index is 2.83. The molecule has 1 aromatic carbocycles. The Bertz CT molecular complexity index is 488. The van der Waals surface area contributed by atoms with Crippen LogP contribution in [0.15, 0.2) is 24.3 Å². The van der Waals surface area contributed by atoms with Crippen molar-refractivity contribution in [1.29, 1.82) is 0 Å². The van der Waals surface area contributed by atoms with Crippen LogP contribution in [-0.4, -0.2) is 48.4 Å². The molecule has 21 heavy (non-hydrogen) atoms. The van der Waals surface area contributed by atoms with Crippen LogP contribution in [0.3, 0.4) is 0 Å². The number of carbonyl (C=O) groups is 2. The number of halogens is 4. The minimum Gasteiger partial charge on any atom is -0.339 e. The fourth-order valence-corrected chi connectivity index (χ4v) is 1.61. The molecule has 0 radical (unpaired) electrons. The zero-order valence-electron chi connectivity index (χ0n) is 11.2. The molecule has 0 spiro atoms. The third-order valence-corrected chi connectivity index (χ3v) is 2.57. The van der Waals surface area contributed by atoms with Crippen LogP contribution in [-0.2, 0) is 16.1 Å². The summed E-state index contributed by atoms with van der Waals surface area (Å²) in [5.41, 5.74) is 0.364. The van der Waals surface area contributed by atoms with Crippen molar-refractivity contribution in [2.24, 2.45) is 0 Å². The van der Waals surface area contributed by atoms with Gasteiger partial charge in [0.05, 0.1) is 6.54 Å². The topological polar surface area (TPSA) is 40.6 Å². The molecule has 1 rings (SSSR count). The van der Waals surface area contributed by atoms with E-state index in [1.807, 2.05) is 0 Å². The van der Waals surface area contributed by atoms with Crippen molar-refractivity contribution < 1.29 is 27.2 Å². The number of likely N-dealkylation sites (N-methyl/N-ethyl adjacent to an activating group) is 1. The van der Waals surface area contributed by atoms with E-state index < -0.39 is 31.0 Å². The van der Waals surface area contributed by atoms with E-state index in [0.29, 0.717) is 16.9 Å². The molecular formula is C13H14F4N2O2. The summed E-state index contributed by atoms with van der Waals surface area (Å²) in [4.78, 5) is 23.8. The predicted molar refractivity (Wildman–Crippen MR) is 66.6 cm³/mol. The summed E-state index contributed by atoms with van der Waals surface area (Å²) in [7, 11) is 1.29. The lowest BCUT2D eigenvalue weighted by atomic mass is 10.2. The van der Waals surface area contributed by atoms with Crippen LogP contribution in [0.4, 0.5) is 17.6 Å². The normalized spacial score (nSPS) is 11.1. The molecule has 1 aromatic rings. The molecule has 0 heterocycles. The lowest BCUT2D eigenvalue weighted by Gasteiger charge is -2.25. The molecular weight excluding hydrogens is 292 g/mol. The van der Waals surface area contributed by atoms with Gasteiger partial charge >= 0.3 is 6.18 Å². The number of hydrogen-bond donors (Lipinski definition) is 0. The van der Waals surface area contributed by atoms with Crippen molar-refractivity contribution in [1.82, 2.24) is 9.80 Å². The van der Waals surface area contributed by atoms with E-state index in [1.54, 1.807) is 0 Å². The zero-order valence-corrected chi connectivity index (χ0v) is 11.2. The summed E-state index contributed by atoms with van der Waals surface area (Å²) >= 11 is 0. The molecule has 0 bridgehead atoms. The average Bonchev–Trinajstić information content (AvgIpc) is 2.38. The van der Waals surface area contributed by atoms with E-state index in [1.165, 1.54) is 19.2 Å². The number of rotatable bonds is 6. The standard InChI is InChI=1S/C13H14F4N2O2/c1-18(9-20)7-12(21)19(8-13(15,16)17)6-10-2-4-11(14)5-3-10/h2-5,9H,6-8H2,1H3. The second kappa shape index (κ2) is 7.05. The Hall–Kier alpha value is -2.12. The van der Waals surface area contributed by atoms with Gasteiger partial charge in [-0.3, -0.25) is 9.59 Å². The molecule has 0 aliphatic heterocycles. The number of hydrogen-bond acceptors (Lipinski definition) is 2. The van der Waals surface area contributed by atoms with Gasteiger partial charge in [0.15, 0.2) is 0 Å². The Labute approximate surface area is 118 Å². The second-order valence-corrected chi connectivity index (χ2v) is 4.51. The van der Waals surface area contributed by atoms with Crippen LogP contribution in [0.1, 0.15) is 5.56 Å². The molecule has 0 aliphatic carbocycles. The summed E-state index contributed by atoms with van der Waals surface area (Å²) in [6, 6.07) is 4.80. The molecule has 0 unspecified atom stereocenters. The smallest absolute Gasteiger partial charge is 0.339 e. The van der Waals surface area contributed by atoms with Crippen molar-refractivity contribution in [3.8, 4) is 0 Å². The quantitative estimate of drug-likeness (QED) is 0.594. The Morgan fingerprint density at radius 3 is 2.29 bits per heavy atom. The maximum Gasteiger partial charge on any atom is 0.406 e. The van der Waals surface area contributed by atoms with Gasteiger partial charge in [-0.15, -0.1) is 0 Å². The number of benzene rings is 1. The van der Waals surface area contributed by atoms with Crippen LogP contribution in [0.2, 0.25) is 0 Å². The highest BCUT2D eigenvalue weighted by atomic mass is 19.4. The van der Waals surface area contributed by atoms with Gasteiger partial charge in [0.2, 0.25) is 12.3 Å². The monoisotopic (exact) mass is 306 g/mol. The predicted octanol–water partition coefficient (Wildman–Crippen LogP) is 1.80. The number of carbonyl (C=O) groups excluding carboxylic acids is 2. The first-order valence-corrected chi connectivity index (χ1v) is 5.96. The second-order valence-electron chi connectivity index (χ2n) is 4.51. The molecule has 0 atom stereocenters. The summed E-state index contributed by atoms with van der Waals surface area (Å²) in [6.45, 7) is -2.21. The van der Waals surface area contributed by atoms with Crippen molar-refractivity contribution in [2.45, 2.75) is 12.7 Å². The first-order valence-electron chi connectivity index (χ1n) is 5.96. The molecule has 8 heteroatoms. The van der Waals surface area contributed by atoms with Crippen molar-refractivity contribution in [3.05, 3.63) is 35.6 Å². The van der Waals surface area contributed by atoms with Gasteiger partial charge in [-0.25, -0.2) is 4.39 Å². The van der Waals surface area contributed by atoms with Gasteiger partial charge in [0.1, 0.15) is 12.4 Å². The van der Waals surface area contributed by atoms with Crippen molar-refractivity contribution in [3.63, 3.8) is 0 Å². The SMILES string of the molecule is CN(C=O)CC(=O)N(Cc1ccc(F)cc1)CC(F)(F)F. The Morgan fingerprint density at radius 1 is 1.24 bits per heavy atom. The number of alkyl halides is 3. The lowest BCUT2D eigenvalue weighted by Crippen LogP contribution is -2.43. The van der Waals surface area contributed by atoms with Gasteiger partial charge < -0.3 is 9.80 Å². The molecule has 116 valence electrons. The summed E-state index contributed by atoms with van der Waals surface area (Å²) in [6.07, 6.45) is -4.21. The largest absolute Gasteiger partial charge is 0.406 e. The highest BCUT2D eigenvalue weighted by molar-refractivity contribution is 5.80. The van der Waals surface area contributed by atoms with Gasteiger partial charge in [-0.1, -0.05) is 12.1 Å². The van der Waals surface area contributed by atoms with Crippen LogP contribution < -0.4 is 0 Å². The maximum absolute atomic E-state index is 12.8. The van der Waals surface area contributed by atoms with Crippen molar-refractivity contribution in [2.75, 3.05) is 20.1 Å². The first kappa shape index (κ1) is 16.9. The summed E-state index contributed by atoms with van der Waals surface area (Å²) in [5.74, 6) is -1.36. The molecule has 0 saturated carbocycles. The third kappa shape index (κ3) is 6.24. The van der Waals surface area contributed by atoms with E-state index in [-0.39, 0.29) is 6.54 Å². The Kier molecular flexibility index (Phi) is 5.69. The zero-order chi connectivity index (χ0) is 16.0. The fraction of sp³-hybridized carbons (Fsp3) is 0.385. The van der Waals surface area contributed by atoms with Crippen LogP contribution in [0, 0.1) is 5.82 Å². The van der Waals surface area contributed by atoms with E-state index in [0.717, 1.165) is 17.0 Å². The first-order chi connectivity index (χ1) is 9.71. The van der Waals surface area contributed by atoms with Crippen molar-refractivity contribution >= 4 is 12.3 Å². The molecule has 2 amide bonds. The minimum absolute atomic E-state index is 0.314. The fourth-order valence-electron chi connectivity index (χ4n) is 1.61. The van der Waals surface area contributed by atoms with Crippen LogP contribution in [0.25, 0.3) is 0 Å². The third-order valence-electron chi connectivity index (χ3n) is 2.57. The van der Waals surface area contributed by atoms with E-state index in [2.05, 4.69) is 0 Å². The highest BCUT2D eigenvalue weighted by Crippen LogP contribution is 2.18.